The molecule has 0 bridgehead atoms. The summed E-state index contributed by atoms with van der Waals surface area (Å²) in [5.74, 6) is -0.238. The maximum atomic E-state index is 11.3. The number of carbonyl (C=O) groups excluding carboxylic acids is 1. The summed E-state index contributed by atoms with van der Waals surface area (Å²) in [6, 6.07) is 13.8. The first-order chi connectivity index (χ1) is 8.79. The van der Waals surface area contributed by atoms with Gasteiger partial charge in [0.05, 0.1) is 18.7 Å². The first-order valence-corrected chi connectivity index (χ1v) is 5.95. The Labute approximate surface area is 106 Å². The van der Waals surface area contributed by atoms with Gasteiger partial charge in [-0.2, -0.15) is 0 Å². The molecule has 0 radical (unpaired) electrons. The van der Waals surface area contributed by atoms with Crippen LogP contribution in [0.15, 0.2) is 48.7 Å². The van der Waals surface area contributed by atoms with Crippen LogP contribution < -0.4 is 0 Å². The summed E-state index contributed by atoms with van der Waals surface area (Å²) in [5, 5.41) is 0. The van der Waals surface area contributed by atoms with E-state index in [2.05, 4.69) is 4.98 Å². The van der Waals surface area contributed by atoms with E-state index in [1.165, 1.54) is 0 Å². The molecule has 0 fully saturated rings. The molecule has 0 aliphatic rings. The van der Waals surface area contributed by atoms with Crippen LogP contribution in [0.1, 0.15) is 12.6 Å². The van der Waals surface area contributed by atoms with Gasteiger partial charge in [-0.1, -0.05) is 36.4 Å². The van der Waals surface area contributed by atoms with Crippen LogP contribution in [0.4, 0.5) is 0 Å². The fourth-order valence-corrected chi connectivity index (χ4v) is 1.69. The topological polar surface area (TPSA) is 39.2 Å². The van der Waals surface area contributed by atoms with Gasteiger partial charge in [-0.15, -0.1) is 0 Å². The minimum Gasteiger partial charge on any atom is -0.466 e. The maximum absolute atomic E-state index is 11.3. The number of esters is 1. The summed E-state index contributed by atoms with van der Waals surface area (Å²) < 4.78 is 4.88. The molecule has 92 valence electrons. The highest BCUT2D eigenvalue weighted by Gasteiger charge is 2.05. The SMILES string of the molecule is CCOC(=O)Cc1ccc(-c2ccccc2)cn1. The molecule has 1 heterocycles. The van der Waals surface area contributed by atoms with Crippen LogP contribution in [0.3, 0.4) is 0 Å². The first kappa shape index (κ1) is 12.3. The Bertz CT molecular complexity index is 506. The molecule has 3 heteroatoms. The molecule has 1 aromatic carbocycles. The molecule has 0 aliphatic carbocycles. The van der Waals surface area contributed by atoms with Crippen molar-refractivity contribution in [3.05, 3.63) is 54.4 Å². The summed E-state index contributed by atoms with van der Waals surface area (Å²) in [6.45, 7) is 2.20. The summed E-state index contributed by atoms with van der Waals surface area (Å²) in [4.78, 5) is 15.6. The highest BCUT2D eigenvalue weighted by Crippen LogP contribution is 2.17. The van der Waals surface area contributed by atoms with Crippen LogP contribution in [0.25, 0.3) is 11.1 Å². The van der Waals surface area contributed by atoms with Gasteiger partial charge in [0.1, 0.15) is 0 Å². The Morgan fingerprint density at radius 2 is 1.89 bits per heavy atom. The number of nitrogens with zero attached hydrogens (tertiary/aromatic N) is 1. The van der Waals surface area contributed by atoms with Crippen LogP contribution in [0.5, 0.6) is 0 Å². The minimum absolute atomic E-state index is 0.225. The number of hydrogen-bond acceptors (Lipinski definition) is 3. The van der Waals surface area contributed by atoms with Crippen molar-refractivity contribution in [1.82, 2.24) is 4.98 Å². The summed E-state index contributed by atoms with van der Waals surface area (Å²) >= 11 is 0. The van der Waals surface area contributed by atoms with Crippen molar-refractivity contribution in [3.63, 3.8) is 0 Å². The Morgan fingerprint density at radius 1 is 1.11 bits per heavy atom. The van der Waals surface area contributed by atoms with Gasteiger partial charge < -0.3 is 4.74 Å². The quantitative estimate of drug-likeness (QED) is 0.773. The van der Waals surface area contributed by atoms with Crippen molar-refractivity contribution < 1.29 is 9.53 Å². The van der Waals surface area contributed by atoms with Gasteiger partial charge in [0.2, 0.25) is 0 Å². The molecule has 0 aliphatic heterocycles. The molecule has 1 aromatic heterocycles. The normalized spacial score (nSPS) is 10.1. The van der Waals surface area contributed by atoms with E-state index in [9.17, 15) is 4.79 Å². The van der Waals surface area contributed by atoms with Gasteiger partial charge in [0, 0.05) is 11.8 Å². The first-order valence-electron chi connectivity index (χ1n) is 5.95. The smallest absolute Gasteiger partial charge is 0.311 e. The van der Waals surface area contributed by atoms with Gasteiger partial charge in [-0.3, -0.25) is 9.78 Å². The zero-order valence-electron chi connectivity index (χ0n) is 10.3. The predicted molar refractivity (Wildman–Crippen MR) is 70.0 cm³/mol. The number of aromatic nitrogens is 1. The standard InChI is InChI=1S/C15H15NO2/c1-2-18-15(17)10-14-9-8-13(11-16-14)12-6-4-3-5-7-12/h3-9,11H,2,10H2,1H3. The van der Waals surface area contributed by atoms with Crippen LogP contribution in [-0.4, -0.2) is 17.6 Å². The molecule has 0 amide bonds. The summed E-state index contributed by atoms with van der Waals surface area (Å²) in [5.41, 5.74) is 2.89. The molecule has 0 spiro atoms. The Morgan fingerprint density at radius 3 is 2.50 bits per heavy atom. The number of ether oxygens (including phenoxy) is 1. The lowest BCUT2D eigenvalue weighted by Crippen LogP contribution is -2.08. The Balaban J connectivity index is 2.09. The van der Waals surface area contributed by atoms with Crippen molar-refractivity contribution in [2.24, 2.45) is 0 Å². The van der Waals surface area contributed by atoms with E-state index in [0.717, 1.165) is 16.8 Å². The molecule has 2 rings (SSSR count). The molecule has 0 saturated carbocycles. The highest BCUT2D eigenvalue weighted by molar-refractivity contribution is 5.72. The molecule has 0 N–H and O–H groups in total. The van der Waals surface area contributed by atoms with E-state index >= 15 is 0 Å². The Hall–Kier alpha value is -2.16. The fraction of sp³-hybridized carbons (Fsp3) is 0.200. The zero-order valence-corrected chi connectivity index (χ0v) is 10.3. The van der Waals surface area contributed by atoms with E-state index in [0.29, 0.717) is 6.61 Å². The lowest BCUT2D eigenvalue weighted by atomic mass is 10.1. The molecule has 18 heavy (non-hydrogen) atoms. The van der Waals surface area contributed by atoms with Crippen molar-refractivity contribution in [1.29, 1.82) is 0 Å². The third-order valence-electron chi connectivity index (χ3n) is 2.56. The number of hydrogen-bond donors (Lipinski definition) is 0. The Kier molecular flexibility index (Phi) is 4.07. The van der Waals surface area contributed by atoms with E-state index in [4.69, 9.17) is 4.74 Å². The average Bonchev–Trinajstić information content (AvgIpc) is 2.41. The molecule has 3 nitrogen and oxygen atoms in total. The van der Waals surface area contributed by atoms with Gasteiger partial charge in [-0.05, 0) is 18.6 Å². The molecule has 0 unspecified atom stereocenters. The van der Waals surface area contributed by atoms with Crippen molar-refractivity contribution in [3.8, 4) is 11.1 Å². The van der Waals surface area contributed by atoms with E-state index < -0.39 is 0 Å². The molecular formula is C15H15NO2. The minimum atomic E-state index is -0.238. The molecular weight excluding hydrogens is 226 g/mol. The maximum Gasteiger partial charge on any atom is 0.311 e. The van der Waals surface area contributed by atoms with Crippen molar-refractivity contribution in [2.45, 2.75) is 13.3 Å². The lowest BCUT2D eigenvalue weighted by Gasteiger charge is -2.03. The highest BCUT2D eigenvalue weighted by atomic mass is 16.5. The number of rotatable bonds is 4. The second-order valence-electron chi connectivity index (χ2n) is 3.89. The molecule has 0 saturated heterocycles. The summed E-state index contributed by atoms with van der Waals surface area (Å²) in [7, 11) is 0. The van der Waals surface area contributed by atoms with Crippen LogP contribution >= 0.6 is 0 Å². The monoisotopic (exact) mass is 241 g/mol. The third kappa shape index (κ3) is 3.17. The van der Waals surface area contributed by atoms with Gasteiger partial charge in [0.25, 0.3) is 0 Å². The summed E-state index contributed by atoms with van der Waals surface area (Å²) in [6.07, 6.45) is 2.01. The van der Waals surface area contributed by atoms with E-state index in [1.807, 2.05) is 42.5 Å². The third-order valence-corrected chi connectivity index (χ3v) is 2.56. The largest absolute Gasteiger partial charge is 0.466 e. The predicted octanol–water partition coefficient (Wildman–Crippen LogP) is 2.85. The number of benzene rings is 1. The van der Waals surface area contributed by atoms with E-state index in [1.54, 1.807) is 13.1 Å². The van der Waals surface area contributed by atoms with Crippen molar-refractivity contribution >= 4 is 5.97 Å². The second kappa shape index (κ2) is 5.96. The number of pyridine rings is 1. The molecule has 2 aromatic rings. The van der Waals surface area contributed by atoms with Gasteiger partial charge in [-0.25, -0.2) is 0 Å². The van der Waals surface area contributed by atoms with Gasteiger partial charge in [0.15, 0.2) is 0 Å². The van der Waals surface area contributed by atoms with Crippen LogP contribution in [0.2, 0.25) is 0 Å². The lowest BCUT2D eigenvalue weighted by molar-refractivity contribution is -0.142. The average molecular weight is 241 g/mol. The van der Waals surface area contributed by atoms with Gasteiger partial charge >= 0.3 is 5.97 Å². The van der Waals surface area contributed by atoms with Crippen LogP contribution in [-0.2, 0) is 16.0 Å². The van der Waals surface area contributed by atoms with Crippen LogP contribution in [0, 0.1) is 0 Å². The van der Waals surface area contributed by atoms with E-state index in [-0.39, 0.29) is 12.4 Å². The number of carbonyl (C=O) groups is 1. The zero-order chi connectivity index (χ0) is 12.8. The second-order valence-corrected chi connectivity index (χ2v) is 3.89. The molecule has 0 atom stereocenters. The fourth-order valence-electron chi connectivity index (χ4n) is 1.69. The van der Waals surface area contributed by atoms with Crippen molar-refractivity contribution in [2.75, 3.05) is 6.61 Å².